The quantitative estimate of drug-likeness (QED) is 0.714. The second kappa shape index (κ2) is 7.98. The standard InChI is InChI=1S/C18H19BrN4O4S/c19-14-2-4-15(5-3-14)28(24,25)22-18-20-11-23(12-21-18)10-13-1-6-16-17(9-13)27-8-7-26-16/h1-6,9H,7-8,10-12H2,(H2,20,21,22). The molecule has 0 aromatic heterocycles. The largest absolute Gasteiger partial charge is 0.486 e. The molecule has 0 saturated heterocycles. The molecule has 0 bridgehead atoms. The van der Waals surface area contributed by atoms with Gasteiger partial charge in [-0.2, -0.15) is 0 Å². The Kier molecular flexibility index (Phi) is 5.42. The first-order valence-corrected chi connectivity index (χ1v) is 10.9. The summed E-state index contributed by atoms with van der Waals surface area (Å²) in [7, 11) is -3.68. The summed E-state index contributed by atoms with van der Waals surface area (Å²) in [5.41, 5.74) is 1.07. The van der Waals surface area contributed by atoms with Crippen LogP contribution in [0.25, 0.3) is 0 Å². The van der Waals surface area contributed by atoms with E-state index in [0.29, 0.717) is 33.1 Å². The number of ether oxygens (including phenoxy) is 2. The van der Waals surface area contributed by atoms with Gasteiger partial charge in [-0.3, -0.25) is 4.90 Å². The number of halogens is 1. The van der Waals surface area contributed by atoms with Crippen molar-refractivity contribution in [3.63, 3.8) is 0 Å². The van der Waals surface area contributed by atoms with Crippen LogP contribution in [0.5, 0.6) is 11.5 Å². The van der Waals surface area contributed by atoms with E-state index in [2.05, 4.69) is 31.0 Å². The third-order valence-electron chi connectivity index (χ3n) is 4.27. The fourth-order valence-electron chi connectivity index (χ4n) is 2.88. The van der Waals surface area contributed by atoms with Crippen LogP contribution in [-0.2, 0) is 16.6 Å². The predicted octanol–water partition coefficient (Wildman–Crippen LogP) is 1.88. The lowest BCUT2D eigenvalue weighted by molar-refractivity contribution is 0.171. The van der Waals surface area contributed by atoms with Crippen LogP contribution in [0.3, 0.4) is 0 Å². The van der Waals surface area contributed by atoms with E-state index in [9.17, 15) is 8.42 Å². The van der Waals surface area contributed by atoms with Gasteiger partial charge < -0.3 is 14.8 Å². The van der Waals surface area contributed by atoms with Gasteiger partial charge in [-0.15, -0.1) is 0 Å². The van der Waals surface area contributed by atoms with E-state index >= 15 is 0 Å². The van der Waals surface area contributed by atoms with Gasteiger partial charge in [0, 0.05) is 11.0 Å². The van der Waals surface area contributed by atoms with Crippen molar-refractivity contribution in [2.75, 3.05) is 26.6 Å². The van der Waals surface area contributed by atoms with E-state index < -0.39 is 10.0 Å². The molecule has 0 unspecified atom stereocenters. The van der Waals surface area contributed by atoms with Crippen molar-refractivity contribution in [1.82, 2.24) is 14.9 Å². The minimum atomic E-state index is -3.68. The third kappa shape index (κ3) is 4.40. The Balaban J connectivity index is 1.37. The van der Waals surface area contributed by atoms with Gasteiger partial charge in [0.25, 0.3) is 10.0 Å². The zero-order valence-corrected chi connectivity index (χ0v) is 17.3. The average molecular weight is 467 g/mol. The second-order valence-electron chi connectivity index (χ2n) is 6.35. The van der Waals surface area contributed by atoms with E-state index in [1.165, 1.54) is 12.1 Å². The zero-order valence-electron chi connectivity index (χ0n) is 14.9. The van der Waals surface area contributed by atoms with Crippen molar-refractivity contribution in [3.05, 3.63) is 52.5 Å². The Labute approximate surface area is 171 Å². The summed E-state index contributed by atoms with van der Waals surface area (Å²) in [5, 5.41) is 3.01. The molecule has 8 nitrogen and oxygen atoms in total. The van der Waals surface area contributed by atoms with Gasteiger partial charge in [0.2, 0.25) is 5.96 Å². The Bertz CT molecular complexity index is 995. The molecule has 0 spiro atoms. The number of rotatable bonds is 4. The van der Waals surface area contributed by atoms with Crippen LogP contribution < -0.4 is 19.5 Å². The Morgan fingerprint density at radius 2 is 1.86 bits per heavy atom. The van der Waals surface area contributed by atoms with E-state index in [-0.39, 0.29) is 10.9 Å². The molecular formula is C18H19BrN4O4S. The number of nitrogens with zero attached hydrogens (tertiary/aromatic N) is 2. The lowest BCUT2D eigenvalue weighted by Gasteiger charge is -2.27. The van der Waals surface area contributed by atoms with Crippen LogP contribution in [-0.4, -0.2) is 45.8 Å². The molecule has 2 N–H and O–H groups in total. The molecule has 148 valence electrons. The maximum atomic E-state index is 12.4. The molecule has 0 radical (unpaired) electrons. The maximum Gasteiger partial charge on any atom is 0.264 e. The molecular weight excluding hydrogens is 448 g/mol. The summed E-state index contributed by atoms with van der Waals surface area (Å²) >= 11 is 3.29. The minimum absolute atomic E-state index is 0.180. The van der Waals surface area contributed by atoms with Gasteiger partial charge in [0.15, 0.2) is 11.5 Å². The molecule has 4 rings (SSSR count). The fraction of sp³-hybridized carbons (Fsp3) is 0.278. The van der Waals surface area contributed by atoms with Crippen LogP contribution in [0.1, 0.15) is 5.56 Å². The first kappa shape index (κ1) is 19.0. The van der Waals surface area contributed by atoms with Crippen LogP contribution >= 0.6 is 15.9 Å². The predicted molar refractivity (Wildman–Crippen MR) is 108 cm³/mol. The first-order chi connectivity index (χ1) is 13.5. The highest BCUT2D eigenvalue weighted by atomic mass is 79.9. The number of benzene rings is 2. The molecule has 2 aromatic carbocycles. The fourth-order valence-corrected chi connectivity index (χ4v) is 4.15. The minimum Gasteiger partial charge on any atom is -0.486 e. The maximum absolute atomic E-state index is 12.4. The summed E-state index contributed by atoms with van der Waals surface area (Å²) in [6.45, 7) is 2.61. The molecule has 28 heavy (non-hydrogen) atoms. The SMILES string of the molecule is O=S(=O)(NC1=NCN(Cc2ccc3c(c2)OCCO3)CN1)c1ccc(Br)cc1. The molecule has 2 heterocycles. The van der Waals surface area contributed by atoms with Crippen molar-refractivity contribution >= 4 is 31.9 Å². The zero-order chi connectivity index (χ0) is 19.6. The molecule has 2 aliphatic heterocycles. The van der Waals surface area contributed by atoms with Gasteiger partial charge in [-0.25, -0.2) is 18.1 Å². The van der Waals surface area contributed by atoms with Crippen molar-refractivity contribution < 1.29 is 17.9 Å². The molecule has 0 atom stereocenters. The lowest BCUT2D eigenvalue weighted by atomic mass is 10.2. The van der Waals surface area contributed by atoms with Gasteiger partial charge in [-0.1, -0.05) is 22.0 Å². The number of hydrogen-bond acceptors (Lipinski definition) is 7. The average Bonchev–Trinajstić information content (AvgIpc) is 2.69. The lowest BCUT2D eigenvalue weighted by Crippen LogP contribution is -2.49. The normalized spacial score (nSPS) is 16.8. The molecule has 2 aliphatic rings. The Morgan fingerprint density at radius 3 is 2.57 bits per heavy atom. The summed E-state index contributed by atoms with van der Waals surface area (Å²) in [6, 6.07) is 12.3. The van der Waals surface area contributed by atoms with Crippen molar-refractivity contribution in [1.29, 1.82) is 0 Å². The van der Waals surface area contributed by atoms with Gasteiger partial charge in [0.05, 0.1) is 18.2 Å². The summed E-state index contributed by atoms with van der Waals surface area (Å²) in [5.74, 6) is 1.75. The van der Waals surface area contributed by atoms with Crippen molar-refractivity contribution in [2.45, 2.75) is 11.4 Å². The van der Waals surface area contributed by atoms with Crippen LogP contribution in [0.4, 0.5) is 0 Å². The first-order valence-electron chi connectivity index (χ1n) is 8.67. The Morgan fingerprint density at radius 1 is 1.11 bits per heavy atom. The van der Waals surface area contributed by atoms with Gasteiger partial charge in [-0.05, 0) is 42.0 Å². The molecule has 0 fully saturated rings. The number of guanidine groups is 1. The third-order valence-corrected chi connectivity index (χ3v) is 6.15. The molecule has 2 aromatic rings. The number of fused-ring (bicyclic) bond motifs is 1. The highest BCUT2D eigenvalue weighted by Crippen LogP contribution is 2.31. The van der Waals surface area contributed by atoms with E-state index in [1.807, 2.05) is 23.1 Å². The van der Waals surface area contributed by atoms with Crippen LogP contribution in [0, 0.1) is 0 Å². The van der Waals surface area contributed by atoms with Crippen molar-refractivity contribution in [2.24, 2.45) is 4.99 Å². The van der Waals surface area contributed by atoms with Crippen LogP contribution in [0.2, 0.25) is 0 Å². The highest BCUT2D eigenvalue weighted by Gasteiger charge is 2.20. The number of nitrogens with one attached hydrogen (secondary N) is 2. The van der Waals surface area contributed by atoms with Crippen LogP contribution in [0.15, 0.2) is 56.8 Å². The monoisotopic (exact) mass is 466 g/mol. The highest BCUT2D eigenvalue weighted by molar-refractivity contribution is 9.10. The Hall–Kier alpha value is -2.30. The molecule has 0 saturated carbocycles. The summed E-state index contributed by atoms with van der Waals surface area (Å²) < 4.78 is 39.3. The topological polar surface area (TPSA) is 92.3 Å². The summed E-state index contributed by atoms with van der Waals surface area (Å²) in [6.07, 6.45) is 0. The van der Waals surface area contributed by atoms with E-state index in [4.69, 9.17) is 9.47 Å². The van der Waals surface area contributed by atoms with Gasteiger partial charge in [0.1, 0.15) is 13.2 Å². The number of sulfonamides is 1. The number of hydrogen-bond donors (Lipinski definition) is 2. The second-order valence-corrected chi connectivity index (χ2v) is 8.95. The molecule has 0 amide bonds. The van der Waals surface area contributed by atoms with Gasteiger partial charge >= 0.3 is 0 Å². The molecule has 10 heteroatoms. The number of aliphatic imine (C=N–C) groups is 1. The molecule has 0 aliphatic carbocycles. The summed E-state index contributed by atoms with van der Waals surface area (Å²) in [4.78, 5) is 6.52. The van der Waals surface area contributed by atoms with Crippen molar-refractivity contribution in [3.8, 4) is 11.5 Å². The van der Waals surface area contributed by atoms with E-state index in [1.54, 1.807) is 12.1 Å². The van der Waals surface area contributed by atoms with E-state index in [0.717, 1.165) is 21.5 Å². The smallest absolute Gasteiger partial charge is 0.264 e.